The zero-order valence-corrected chi connectivity index (χ0v) is 25.4. The van der Waals surface area contributed by atoms with Gasteiger partial charge in [0.05, 0.1) is 0 Å². The molecule has 1 aliphatic heterocycles. The third-order valence-electron chi connectivity index (χ3n) is 6.92. The molecular formula is C29H36ClIN8O. The zero-order valence-electron chi connectivity index (χ0n) is 22.5. The summed E-state index contributed by atoms with van der Waals surface area (Å²) in [6, 6.07) is 18.7. The zero-order chi connectivity index (χ0) is 28.3. The first-order valence-electron chi connectivity index (χ1n) is 13.6. The van der Waals surface area contributed by atoms with Gasteiger partial charge in [0.2, 0.25) is 0 Å². The summed E-state index contributed by atoms with van der Waals surface area (Å²) in [6.45, 7) is 4.36. The highest BCUT2D eigenvalue weighted by molar-refractivity contribution is 14.1. The van der Waals surface area contributed by atoms with Gasteiger partial charge in [0.15, 0.2) is 28.4 Å². The molecule has 11 heteroatoms. The van der Waals surface area contributed by atoms with E-state index in [-0.39, 0.29) is 22.6 Å². The summed E-state index contributed by atoms with van der Waals surface area (Å²) < 4.78 is 1.15. The van der Waals surface area contributed by atoms with Crippen molar-refractivity contribution in [3.05, 3.63) is 80.1 Å². The van der Waals surface area contributed by atoms with E-state index in [1.807, 2.05) is 24.3 Å². The fourth-order valence-corrected chi connectivity index (χ4v) is 5.37. The summed E-state index contributed by atoms with van der Waals surface area (Å²) in [6.07, 6.45) is 5.56. The molecule has 0 spiro atoms. The van der Waals surface area contributed by atoms with Gasteiger partial charge in [-0.25, -0.2) is 9.97 Å². The Morgan fingerprint density at radius 3 is 2.67 bits per heavy atom. The number of piperidine rings is 1. The Labute approximate surface area is 254 Å². The number of nitrogen functional groups attached to an aromatic ring is 1. The summed E-state index contributed by atoms with van der Waals surface area (Å²) in [5.74, 6) is 0.253. The molecule has 40 heavy (non-hydrogen) atoms. The van der Waals surface area contributed by atoms with E-state index in [1.54, 1.807) is 0 Å². The number of aryl methyl sites for hydroxylation is 1. The molecule has 1 fully saturated rings. The van der Waals surface area contributed by atoms with E-state index in [4.69, 9.17) is 23.1 Å². The van der Waals surface area contributed by atoms with Crippen molar-refractivity contribution in [3.8, 4) is 0 Å². The fraction of sp³-hybridized carbons (Fsp3) is 0.379. The van der Waals surface area contributed by atoms with Crippen LogP contribution in [0.25, 0.3) is 0 Å². The molecule has 3 aromatic rings. The fourth-order valence-electron chi connectivity index (χ4n) is 4.82. The summed E-state index contributed by atoms with van der Waals surface area (Å²) in [5.41, 5.74) is 14.3. The Balaban J connectivity index is 1.21. The molecule has 0 bridgehead atoms. The van der Waals surface area contributed by atoms with Gasteiger partial charge < -0.3 is 21.7 Å². The lowest BCUT2D eigenvalue weighted by molar-refractivity contribution is 0.0972. The number of guanidine groups is 1. The van der Waals surface area contributed by atoms with Crippen LogP contribution in [-0.2, 0) is 13.0 Å². The molecular weight excluding hydrogens is 639 g/mol. The van der Waals surface area contributed by atoms with Crippen LogP contribution >= 0.6 is 34.2 Å². The maximum atomic E-state index is 12.7. The number of amides is 1. The molecule has 6 N–H and O–H groups in total. The number of anilines is 2. The number of rotatable bonds is 11. The number of aliphatic imine (C=N–C) groups is 1. The average molecular weight is 675 g/mol. The number of hydrogen-bond donors (Lipinski definition) is 4. The maximum absolute atomic E-state index is 12.7. The van der Waals surface area contributed by atoms with E-state index < -0.39 is 5.91 Å². The van der Waals surface area contributed by atoms with Crippen LogP contribution in [-0.4, -0.2) is 52.9 Å². The van der Waals surface area contributed by atoms with Gasteiger partial charge in [0.1, 0.15) is 0 Å². The lowest BCUT2D eigenvalue weighted by Crippen LogP contribution is -2.38. The van der Waals surface area contributed by atoms with E-state index >= 15 is 0 Å². The average Bonchev–Trinajstić information content (AvgIpc) is 2.95. The minimum atomic E-state index is -0.598. The number of likely N-dealkylation sites (tertiary alicyclic amines) is 1. The number of halogens is 2. The molecule has 1 saturated heterocycles. The van der Waals surface area contributed by atoms with Gasteiger partial charge in [-0.2, -0.15) is 0 Å². The molecule has 1 atom stereocenters. The van der Waals surface area contributed by atoms with Crippen LogP contribution < -0.4 is 22.1 Å². The first-order valence-corrected chi connectivity index (χ1v) is 15.0. The number of carbonyl (C=O) groups is 1. The Morgan fingerprint density at radius 1 is 1.12 bits per heavy atom. The van der Waals surface area contributed by atoms with Crippen molar-refractivity contribution < 1.29 is 4.79 Å². The highest BCUT2D eigenvalue weighted by Gasteiger charge is 2.20. The van der Waals surface area contributed by atoms with Crippen LogP contribution in [0.5, 0.6) is 0 Å². The number of nitrogens with one attached hydrogen (secondary N) is 2. The van der Waals surface area contributed by atoms with E-state index in [0.29, 0.717) is 24.8 Å². The second kappa shape index (κ2) is 15.2. The molecule has 0 radical (unpaired) electrons. The molecule has 212 valence electrons. The van der Waals surface area contributed by atoms with E-state index in [2.05, 4.69) is 83.4 Å². The van der Waals surface area contributed by atoms with Crippen LogP contribution in [0.3, 0.4) is 0 Å². The first kappa shape index (κ1) is 30.0. The van der Waals surface area contributed by atoms with Crippen molar-refractivity contribution in [2.24, 2.45) is 16.6 Å². The molecule has 4 rings (SSSR count). The smallest absolute Gasteiger partial charge is 0.280 e. The highest BCUT2D eigenvalue weighted by Crippen LogP contribution is 2.22. The topological polar surface area (TPSA) is 135 Å². The molecule has 0 aliphatic carbocycles. The normalized spacial score (nSPS) is 16.1. The summed E-state index contributed by atoms with van der Waals surface area (Å²) in [5, 5.41) is 5.71. The molecule has 2 aromatic carbocycles. The Kier molecular flexibility index (Phi) is 11.4. The van der Waals surface area contributed by atoms with Crippen molar-refractivity contribution in [1.82, 2.24) is 20.2 Å². The first-order chi connectivity index (χ1) is 19.4. The number of carbonyl (C=O) groups excluding carboxylic acids is 1. The van der Waals surface area contributed by atoms with Crippen molar-refractivity contribution >= 4 is 57.7 Å². The molecule has 0 saturated carbocycles. The van der Waals surface area contributed by atoms with Gasteiger partial charge >= 0.3 is 0 Å². The van der Waals surface area contributed by atoms with E-state index in [1.165, 1.54) is 18.4 Å². The van der Waals surface area contributed by atoms with Gasteiger partial charge in [-0.1, -0.05) is 54.1 Å². The third kappa shape index (κ3) is 9.31. The number of nitrogens with zero attached hydrogens (tertiary/aromatic N) is 4. The van der Waals surface area contributed by atoms with Gasteiger partial charge in [-0.05, 0) is 97.0 Å². The van der Waals surface area contributed by atoms with Crippen LogP contribution in [0.2, 0.25) is 5.15 Å². The Morgan fingerprint density at radius 2 is 1.90 bits per heavy atom. The predicted octanol–water partition coefficient (Wildman–Crippen LogP) is 4.71. The predicted molar refractivity (Wildman–Crippen MR) is 170 cm³/mol. The van der Waals surface area contributed by atoms with Crippen LogP contribution in [0, 0.1) is 9.49 Å². The van der Waals surface area contributed by atoms with Gasteiger partial charge in [0, 0.05) is 23.2 Å². The van der Waals surface area contributed by atoms with Crippen molar-refractivity contribution in [2.45, 2.75) is 38.6 Å². The Hall–Kier alpha value is -2.96. The molecule has 9 nitrogen and oxygen atoms in total. The number of nitrogens with two attached hydrogens (primary N) is 2. The van der Waals surface area contributed by atoms with E-state index in [0.717, 1.165) is 48.0 Å². The minimum absolute atomic E-state index is 0.0266. The Bertz CT molecular complexity index is 1290. The highest BCUT2D eigenvalue weighted by atomic mass is 127. The maximum Gasteiger partial charge on any atom is 0.280 e. The van der Waals surface area contributed by atoms with Crippen molar-refractivity contribution in [1.29, 1.82) is 0 Å². The quantitative estimate of drug-likeness (QED) is 0.132. The molecule has 1 amide bonds. The van der Waals surface area contributed by atoms with Gasteiger partial charge in [-0.3, -0.25) is 15.1 Å². The van der Waals surface area contributed by atoms with Crippen LogP contribution in [0.4, 0.5) is 11.6 Å². The summed E-state index contributed by atoms with van der Waals surface area (Å²) in [4.78, 5) is 28.0. The summed E-state index contributed by atoms with van der Waals surface area (Å²) >= 11 is 8.53. The molecule has 1 unspecified atom stereocenters. The molecule has 2 heterocycles. The standard InChI is InChI=1S/C29H36ClIN8O/c30-25-27(35-18-21-10-12-23(31)13-11-21)37-26(32)24(36-25)28(40)38-29(33)34-15-14-22-9-5-17-39(19-22)16-4-8-20-6-2-1-3-7-20/h1-3,6-7,10-13,22H,4-5,8-9,14-19H2,(H3,32,35,37)(H3,33,34,38,40). The second-order valence-electron chi connectivity index (χ2n) is 9.98. The SMILES string of the molecule is NC(=NCCC1CCCN(CCCc2ccccc2)C1)NC(=O)c1nc(Cl)c(NCc2ccc(I)cc2)nc1N. The number of hydrogen-bond acceptors (Lipinski definition) is 7. The summed E-state index contributed by atoms with van der Waals surface area (Å²) in [7, 11) is 0. The van der Waals surface area contributed by atoms with Gasteiger partial charge in [0.25, 0.3) is 5.91 Å². The minimum Gasteiger partial charge on any atom is -0.382 e. The lowest BCUT2D eigenvalue weighted by Gasteiger charge is -2.32. The van der Waals surface area contributed by atoms with Crippen LogP contribution in [0.15, 0.2) is 59.6 Å². The second-order valence-corrected chi connectivity index (χ2v) is 11.6. The van der Waals surface area contributed by atoms with Crippen molar-refractivity contribution in [3.63, 3.8) is 0 Å². The number of benzene rings is 2. The van der Waals surface area contributed by atoms with Crippen LogP contribution in [0.1, 0.15) is 47.3 Å². The van der Waals surface area contributed by atoms with Gasteiger partial charge in [-0.15, -0.1) is 0 Å². The molecule has 1 aromatic heterocycles. The van der Waals surface area contributed by atoms with Crippen molar-refractivity contribution in [2.75, 3.05) is 37.2 Å². The third-order valence-corrected chi connectivity index (χ3v) is 7.90. The largest absolute Gasteiger partial charge is 0.382 e. The lowest BCUT2D eigenvalue weighted by atomic mass is 9.94. The number of aromatic nitrogens is 2. The monoisotopic (exact) mass is 674 g/mol. The van der Waals surface area contributed by atoms with E-state index in [9.17, 15) is 4.79 Å². The molecule has 1 aliphatic rings.